The number of esters is 2. The van der Waals surface area contributed by atoms with Gasteiger partial charge in [0.15, 0.2) is 0 Å². The summed E-state index contributed by atoms with van der Waals surface area (Å²) in [4.78, 5) is 27.1. The van der Waals surface area contributed by atoms with Gasteiger partial charge >= 0.3 is 11.9 Å². The summed E-state index contributed by atoms with van der Waals surface area (Å²) in [6, 6.07) is 4.52. The number of carbonyl (C=O) groups excluding carboxylic acids is 2. The standard InChI is InChI=1S/C15H17NO6/c1-4-22-15(19)11(9-17)8-16-12-7-10(14(18)21-3)5-6-13(12)20-2/h5-9,17H,4H2,1-3H3. The minimum atomic E-state index is -0.711. The van der Waals surface area contributed by atoms with Gasteiger partial charge in [0.2, 0.25) is 0 Å². The highest BCUT2D eigenvalue weighted by atomic mass is 16.5. The molecule has 0 aliphatic carbocycles. The van der Waals surface area contributed by atoms with Gasteiger partial charge < -0.3 is 19.3 Å². The molecule has 0 saturated carbocycles. The average Bonchev–Trinajstić information content (AvgIpc) is 2.54. The van der Waals surface area contributed by atoms with Crippen LogP contribution in [0.25, 0.3) is 0 Å². The van der Waals surface area contributed by atoms with Crippen molar-refractivity contribution in [3.63, 3.8) is 0 Å². The summed E-state index contributed by atoms with van der Waals surface area (Å²) in [6.07, 6.45) is 1.72. The monoisotopic (exact) mass is 307 g/mol. The van der Waals surface area contributed by atoms with Crippen molar-refractivity contribution in [1.29, 1.82) is 0 Å². The maximum atomic E-state index is 11.5. The molecule has 7 heteroatoms. The van der Waals surface area contributed by atoms with Crippen LogP contribution in [0.2, 0.25) is 0 Å². The fourth-order valence-corrected chi connectivity index (χ4v) is 1.53. The van der Waals surface area contributed by atoms with E-state index in [2.05, 4.69) is 9.73 Å². The molecule has 1 aromatic rings. The van der Waals surface area contributed by atoms with Crippen molar-refractivity contribution in [1.82, 2.24) is 0 Å². The molecule has 0 saturated heterocycles. The van der Waals surface area contributed by atoms with Gasteiger partial charge in [0.05, 0.1) is 32.7 Å². The molecule has 0 aromatic heterocycles. The molecule has 0 heterocycles. The second-order valence-electron chi connectivity index (χ2n) is 3.94. The number of ether oxygens (including phenoxy) is 3. The van der Waals surface area contributed by atoms with Gasteiger partial charge in [-0.15, -0.1) is 0 Å². The number of rotatable bonds is 6. The van der Waals surface area contributed by atoms with Crippen molar-refractivity contribution < 1.29 is 28.9 Å². The molecular formula is C15H17NO6. The molecular weight excluding hydrogens is 290 g/mol. The van der Waals surface area contributed by atoms with Gasteiger partial charge in [-0.05, 0) is 25.1 Å². The molecule has 0 spiro atoms. The molecule has 0 amide bonds. The molecule has 1 rings (SSSR count). The van der Waals surface area contributed by atoms with Gasteiger partial charge in [-0.3, -0.25) is 4.99 Å². The fourth-order valence-electron chi connectivity index (χ4n) is 1.53. The van der Waals surface area contributed by atoms with E-state index in [1.54, 1.807) is 13.0 Å². The number of aliphatic hydroxyl groups is 1. The zero-order valence-electron chi connectivity index (χ0n) is 12.5. The Morgan fingerprint density at radius 2 is 2.05 bits per heavy atom. The summed E-state index contributed by atoms with van der Waals surface area (Å²) in [5.74, 6) is -0.843. The topological polar surface area (TPSA) is 94.4 Å². The van der Waals surface area contributed by atoms with Gasteiger partial charge in [0, 0.05) is 6.21 Å². The minimum absolute atomic E-state index is 0.132. The highest BCUT2D eigenvalue weighted by Gasteiger charge is 2.11. The largest absolute Gasteiger partial charge is 0.515 e. The van der Waals surface area contributed by atoms with Crippen LogP contribution in [0.5, 0.6) is 5.75 Å². The third kappa shape index (κ3) is 4.34. The predicted octanol–water partition coefficient (Wildman–Crippen LogP) is 2.19. The number of aliphatic imine (C=N–C) groups is 1. The van der Waals surface area contributed by atoms with Gasteiger partial charge in [-0.2, -0.15) is 0 Å². The Hall–Kier alpha value is -2.83. The summed E-state index contributed by atoms with van der Waals surface area (Å²) < 4.78 is 14.5. The third-order valence-corrected chi connectivity index (χ3v) is 2.59. The molecule has 0 fully saturated rings. The zero-order chi connectivity index (χ0) is 16.5. The quantitative estimate of drug-likeness (QED) is 0.375. The number of aliphatic hydroxyl groups excluding tert-OH is 1. The Balaban J connectivity index is 3.11. The molecule has 0 atom stereocenters. The number of hydrogen-bond donors (Lipinski definition) is 1. The van der Waals surface area contributed by atoms with E-state index >= 15 is 0 Å². The van der Waals surface area contributed by atoms with E-state index in [1.807, 2.05) is 0 Å². The van der Waals surface area contributed by atoms with Gasteiger partial charge in [-0.1, -0.05) is 0 Å². The number of carbonyl (C=O) groups is 2. The lowest BCUT2D eigenvalue weighted by molar-refractivity contribution is -0.137. The number of nitrogens with zero attached hydrogens (tertiary/aromatic N) is 1. The second-order valence-corrected chi connectivity index (χ2v) is 3.94. The molecule has 0 bridgehead atoms. The van der Waals surface area contributed by atoms with Crippen LogP contribution < -0.4 is 4.74 Å². The van der Waals surface area contributed by atoms with E-state index in [9.17, 15) is 9.59 Å². The summed E-state index contributed by atoms with van der Waals surface area (Å²) >= 11 is 0. The Morgan fingerprint density at radius 1 is 1.32 bits per heavy atom. The Labute approximate surface area is 127 Å². The smallest absolute Gasteiger partial charge is 0.342 e. The highest BCUT2D eigenvalue weighted by molar-refractivity contribution is 6.09. The normalized spacial score (nSPS) is 11.3. The lowest BCUT2D eigenvalue weighted by Crippen LogP contribution is -2.08. The SMILES string of the molecule is CCOC(=O)C(C=Nc1cc(C(=O)OC)ccc1OC)=CO. The molecule has 0 aliphatic rings. The average molecular weight is 307 g/mol. The van der Waals surface area contributed by atoms with Crippen molar-refractivity contribution in [2.24, 2.45) is 4.99 Å². The third-order valence-electron chi connectivity index (χ3n) is 2.59. The first-order valence-corrected chi connectivity index (χ1v) is 6.39. The van der Waals surface area contributed by atoms with Crippen molar-refractivity contribution in [3.05, 3.63) is 35.6 Å². The van der Waals surface area contributed by atoms with Crippen LogP contribution in [0, 0.1) is 0 Å². The van der Waals surface area contributed by atoms with Crippen LogP contribution in [0.3, 0.4) is 0 Å². The predicted molar refractivity (Wildman–Crippen MR) is 79.8 cm³/mol. The first kappa shape index (κ1) is 17.2. The Bertz CT molecular complexity index is 606. The van der Waals surface area contributed by atoms with Gasteiger partial charge in [0.25, 0.3) is 0 Å². The molecule has 118 valence electrons. The van der Waals surface area contributed by atoms with Crippen molar-refractivity contribution in [3.8, 4) is 5.75 Å². The number of methoxy groups -OCH3 is 2. The minimum Gasteiger partial charge on any atom is -0.515 e. The van der Waals surface area contributed by atoms with Gasteiger partial charge in [0.1, 0.15) is 17.0 Å². The first-order valence-electron chi connectivity index (χ1n) is 6.39. The van der Waals surface area contributed by atoms with E-state index in [-0.39, 0.29) is 17.7 Å². The van der Waals surface area contributed by atoms with Crippen molar-refractivity contribution in [2.75, 3.05) is 20.8 Å². The summed E-state index contributed by atoms with van der Waals surface area (Å²) in [5, 5.41) is 9.05. The summed E-state index contributed by atoms with van der Waals surface area (Å²) in [5.41, 5.74) is 0.447. The lowest BCUT2D eigenvalue weighted by Gasteiger charge is -2.06. The highest BCUT2D eigenvalue weighted by Crippen LogP contribution is 2.28. The zero-order valence-corrected chi connectivity index (χ0v) is 12.5. The van der Waals surface area contributed by atoms with Crippen molar-refractivity contribution >= 4 is 23.8 Å². The van der Waals surface area contributed by atoms with Crippen LogP contribution >= 0.6 is 0 Å². The van der Waals surface area contributed by atoms with Crippen LogP contribution in [0.1, 0.15) is 17.3 Å². The van der Waals surface area contributed by atoms with Crippen LogP contribution in [0.4, 0.5) is 5.69 Å². The molecule has 1 N–H and O–H groups in total. The van der Waals surface area contributed by atoms with E-state index in [4.69, 9.17) is 14.6 Å². The molecule has 0 aliphatic heterocycles. The maximum Gasteiger partial charge on any atom is 0.342 e. The first-order chi connectivity index (χ1) is 10.6. The molecule has 22 heavy (non-hydrogen) atoms. The summed E-state index contributed by atoms with van der Waals surface area (Å²) in [7, 11) is 2.71. The van der Waals surface area contributed by atoms with E-state index < -0.39 is 11.9 Å². The Kier molecular flexibility index (Phi) is 6.62. The fraction of sp³-hybridized carbons (Fsp3) is 0.267. The van der Waals surface area contributed by atoms with Crippen LogP contribution in [-0.2, 0) is 14.3 Å². The molecule has 0 radical (unpaired) electrons. The lowest BCUT2D eigenvalue weighted by atomic mass is 10.2. The molecule has 0 unspecified atom stereocenters. The summed E-state index contributed by atoms with van der Waals surface area (Å²) in [6.45, 7) is 1.82. The second kappa shape index (κ2) is 8.46. The van der Waals surface area contributed by atoms with Crippen molar-refractivity contribution in [2.45, 2.75) is 6.92 Å². The van der Waals surface area contributed by atoms with Crippen LogP contribution in [0.15, 0.2) is 35.0 Å². The maximum absolute atomic E-state index is 11.5. The number of benzene rings is 1. The number of hydrogen-bond acceptors (Lipinski definition) is 7. The van der Waals surface area contributed by atoms with E-state index in [1.165, 1.54) is 26.4 Å². The molecule has 1 aromatic carbocycles. The Morgan fingerprint density at radius 3 is 2.59 bits per heavy atom. The van der Waals surface area contributed by atoms with Crippen LogP contribution in [-0.4, -0.2) is 44.1 Å². The van der Waals surface area contributed by atoms with Gasteiger partial charge in [-0.25, -0.2) is 9.59 Å². The van der Waals surface area contributed by atoms with E-state index in [0.29, 0.717) is 17.7 Å². The van der Waals surface area contributed by atoms with E-state index in [0.717, 1.165) is 6.21 Å². The molecule has 7 nitrogen and oxygen atoms in total.